The summed E-state index contributed by atoms with van der Waals surface area (Å²) in [4.78, 5) is 11.1. The molecule has 0 amide bonds. The summed E-state index contributed by atoms with van der Waals surface area (Å²) in [6.45, 7) is 2.92. The van der Waals surface area contributed by atoms with E-state index < -0.39 is 0 Å². The Kier molecular flexibility index (Phi) is 12.1. The summed E-state index contributed by atoms with van der Waals surface area (Å²) in [6.07, 6.45) is 9.10. The molecule has 0 fully saturated rings. The average molecular weight is 230 g/mol. The Morgan fingerprint density at radius 3 is 2.38 bits per heavy atom. The Bertz CT molecular complexity index is 157. The van der Waals surface area contributed by atoms with E-state index in [-0.39, 0.29) is 12.6 Å². The number of hydrogen-bond acceptors (Lipinski definition) is 3. The van der Waals surface area contributed by atoms with Gasteiger partial charge in [0.2, 0.25) is 0 Å². The van der Waals surface area contributed by atoms with E-state index in [1.807, 2.05) is 0 Å². The zero-order chi connectivity index (χ0) is 12.1. The lowest BCUT2D eigenvalue weighted by molar-refractivity contribution is -0.143. The number of carbonyl (C=O) groups is 1. The van der Waals surface area contributed by atoms with Crippen molar-refractivity contribution in [2.75, 3.05) is 13.2 Å². The Morgan fingerprint density at radius 1 is 1.00 bits per heavy atom. The van der Waals surface area contributed by atoms with Gasteiger partial charge in [-0.3, -0.25) is 4.79 Å². The molecule has 0 atom stereocenters. The summed E-state index contributed by atoms with van der Waals surface area (Å²) in [6, 6.07) is 0. The van der Waals surface area contributed by atoms with Crippen LogP contribution in [0.4, 0.5) is 0 Å². The van der Waals surface area contributed by atoms with Crippen LogP contribution in [0, 0.1) is 0 Å². The summed E-state index contributed by atoms with van der Waals surface area (Å²) in [5.74, 6) is -0.123. The van der Waals surface area contributed by atoms with Crippen molar-refractivity contribution >= 4 is 5.97 Å². The lowest BCUT2D eigenvalue weighted by Gasteiger charge is -2.04. The molecule has 0 saturated heterocycles. The molecule has 0 heterocycles. The van der Waals surface area contributed by atoms with Crippen LogP contribution in [-0.2, 0) is 9.53 Å². The number of esters is 1. The van der Waals surface area contributed by atoms with Gasteiger partial charge in [-0.25, -0.2) is 0 Å². The summed E-state index contributed by atoms with van der Waals surface area (Å²) in [5.41, 5.74) is 0. The average Bonchev–Trinajstić information content (AvgIpc) is 2.28. The van der Waals surface area contributed by atoms with Crippen molar-refractivity contribution < 1.29 is 14.6 Å². The molecule has 0 unspecified atom stereocenters. The molecule has 0 saturated carbocycles. The fourth-order valence-electron chi connectivity index (χ4n) is 1.52. The van der Waals surface area contributed by atoms with Crippen LogP contribution < -0.4 is 0 Å². The van der Waals surface area contributed by atoms with Gasteiger partial charge in [-0.1, -0.05) is 39.0 Å². The first kappa shape index (κ1) is 15.4. The standard InChI is InChI=1S/C13H26O3/c1-2-3-4-5-6-9-12-16-13(15)10-7-8-11-14/h14H,2-12H2,1H3. The van der Waals surface area contributed by atoms with Crippen molar-refractivity contribution in [3.05, 3.63) is 0 Å². The van der Waals surface area contributed by atoms with Gasteiger partial charge >= 0.3 is 5.97 Å². The van der Waals surface area contributed by atoms with Gasteiger partial charge in [0.05, 0.1) is 6.61 Å². The maximum absolute atomic E-state index is 11.1. The maximum atomic E-state index is 11.1. The minimum Gasteiger partial charge on any atom is -0.466 e. The topological polar surface area (TPSA) is 46.5 Å². The molecule has 0 bridgehead atoms. The van der Waals surface area contributed by atoms with Gasteiger partial charge in [-0.05, 0) is 19.3 Å². The van der Waals surface area contributed by atoms with E-state index >= 15 is 0 Å². The van der Waals surface area contributed by atoms with Crippen LogP contribution in [0.25, 0.3) is 0 Å². The molecule has 0 radical (unpaired) electrons. The maximum Gasteiger partial charge on any atom is 0.305 e. The van der Waals surface area contributed by atoms with E-state index in [0.717, 1.165) is 19.3 Å². The Labute approximate surface area is 99.2 Å². The molecule has 0 aromatic carbocycles. The number of aliphatic hydroxyl groups excluding tert-OH is 1. The molecular formula is C13H26O3. The molecule has 0 rings (SSSR count). The smallest absolute Gasteiger partial charge is 0.305 e. The third-order valence-corrected chi connectivity index (χ3v) is 2.55. The van der Waals surface area contributed by atoms with Gasteiger partial charge in [-0.2, -0.15) is 0 Å². The molecule has 3 nitrogen and oxygen atoms in total. The van der Waals surface area contributed by atoms with E-state index in [0.29, 0.717) is 19.4 Å². The highest BCUT2D eigenvalue weighted by atomic mass is 16.5. The van der Waals surface area contributed by atoms with Gasteiger partial charge in [0.1, 0.15) is 0 Å². The Hall–Kier alpha value is -0.570. The lowest BCUT2D eigenvalue weighted by Crippen LogP contribution is -2.05. The molecule has 96 valence electrons. The fourth-order valence-corrected chi connectivity index (χ4v) is 1.52. The number of hydrogen-bond donors (Lipinski definition) is 1. The molecule has 16 heavy (non-hydrogen) atoms. The van der Waals surface area contributed by atoms with Crippen LogP contribution in [0.15, 0.2) is 0 Å². The summed E-state index contributed by atoms with van der Waals surface area (Å²) >= 11 is 0. The first-order valence-corrected chi connectivity index (χ1v) is 6.57. The minimum absolute atomic E-state index is 0.123. The minimum atomic E-state index is -0.123. The van der Waals surface area contributed by atoms with Crippen LogP contribution >= 0.6 is 0 Å². The second-order valence-corrected chi connectivity index (χ2v) is 4.17. The highest BCUT2D eigenvalue weighted by molar-refractivity contribution is 5.69. The second-order valence-electron chi connectivity index (χ2n) is 4.17. The third kappa shape index (κ3) is 11.5. The SMILES string of the molecule is CCCCCCCCOC(=O)CCCCO. The van der Waals surface area contributed by atoms with Crippen molar-refractivity contribution in [2.45, 2.75) is 64.7 Å². The van der Waals surface area contributed by atoms with Crippen LogP contribution in [-0.4, -0.2) is 24.3 Å². The van der Waals surface area contributed by atoms with Crippen molar-refractivity contribution in [3.63, 3.8) is 0 Å². The quantitative estimate of drug-likeness (QED) is 0.438. The zero-order valence-corrected chi connectivity index (χ0v) is 10.5. The largest absolute Gasteiger partial charge is 0.466 e. The fraction of sp³-hybridized carbons (Fsp3) is 0.923. The highest BCUT2D eigenvalue weighted by Gasteiger charge is 2.01. The van der Waals surface area contributed by atoms with Crippen molar-refractivity contribution in [3.8, 4) is 0 Å². The van der Waals surface area contributed by atoms with Crippen LogP contribution in [0.2, 0.25) is 0 Å². The van der Waals surface area contributed by atoms with Gasteiger partial charge in [-0.15, -0.1) is 0 Å². The van der Waals surface area contributed by atoms with Crippen molar-refractivity contribution in [2.24, 2.45) is 0 Å². The van der Waals surface area contributed by atoms with Gasteiger partial charge in [0.25, 0.3) is 0 Å². The Balaban J connectivity index is 3.09. The van der Waals surface area contributed by atoms with Crippen LogP contribution in [0.3, 0.4) is 0 Å². The number of ether oxygens (including phenoxy) is 1. The molecule has 3 heteroatoms. The third-order valence-electron chi connectivity index (χ3n) is 2.55. The van der Waals surface area contributed by atoms with E-state index in [1.165, 1.54) is 25.7 Å². The molecule has 0 aromatic rings. The first-order valence-electron chi connectivity index (χ1n) is 6.57. The highest BCUT2D eigenvalue weighted by Crippen LogP contribution is 2.05. The summed E-state index contributed by atoms with van der Waals surface area (Å²) < 4.78 is 5.07. The van der Waals surface area contributed by atoms with E-state index in [9.17, 15) is 4.79 Å². The normalized spacial score (nSPS) is 10.4. The summed E-state index contributed by atoms with van der Waals surface area (Å²) in [7, 11) is 0. The monoisotopic (exact) mass is 230 g/mol. The molecule has 0 aliphatic heterocycles. The van der Waals surface area contributed by atoms with Crippen molar-refractivity contribution in [1.29, 1.82) is 0 Å². The number of aliphatic hydroxyl groups is 1. The Morgan fingerprint density at radius 2 is 1.69 bits per heavy atom. The van der Waals surface area contributed by atoms with Crippen molar-refractivity contribution in [1.82, 2.24) is 0 Å². The molecule has 0 spiro atoms. The lowest BCUT2D eigenvalue weighted by atomic mass is 10.1. The molecular weight excluding hydrogens is 204 g/mol. The molecule has 1 N–H and O–H groups in total. The van der Waals surface area contributed by atoms with Crippen LogP contribution in [0.5, 0.6) is 0 Å². The van der Waals surface area contributed by atoms with Gasteiger partial charge in [0.15, 0.2) is 0 Å². The number of carbonyl (C=O) groups excluding carboxylic acids is 1. The van der Waals surface area contributed by atoms with Crippen LogP contribution in [0.1, 0.15) is 64.7 Å². The number of unbranched alkanes of at least 4 members (excludes halogenated alkanes) is 6. The van der Waals surface area contributed by atoms with E-state index in [2.05, 4.69) is 6.92 Å². The molecule has 0 aromatic heterocycles. The summed E-state index contributed by atoms with van der Waals surface area (Å²) in [5, 5.41) is 8.54. The zero-order valence-electron chi connectivity index (χ0n) is 10.5. The first-order chi connectivity index (χ1) is 7.81. The molecule has 0 aliphatic rings. The van der Waals surface area contributed by atoms with Gasteiger partial charge < -0.3 is 9.84 Å². The second kappa shape index (κ2) is 12.5. The van der Waals surface area contributed by atoms with E-state index in [1.54, 1.807) is 0 Å². The van der Waals surface area contributed by atoms with Gasteiger partial charge in [0, 0.05) is 13.0 Å². The predicted molar refractivity (Wildman–Crippen MR) is 65.3 cm³/mol. The van der Waals surface area contributed by atoms with E-state index in [4.69, 9.17) is 9.84 Å². The predicted octanol–water partition coefficient (Wildman–Crippen LogP) is 3.05. The molecule has 0 aliphatic carbocycles. The number of rotatable bonds is 11.